The molecule has 1 amide bonds. The molecule has 0 radical (unpaired) electrons. The van der Waals surface area contributed by atoms with E-state index in [9.17, 15) is 17.6 Å². The number of fused-ring (bicyclic) bond motifs is 1. The molecule has 1 aliphatic heterocycles. The van der Waals surface area contributed by atoms with Crippen LogP contribution in [0, 0.1) is 12.7 Å². The van der Waals surface area contributed by atoms with Crippen LogP contribution in [0.3, 0.4) is 0 Å². The number of thiazole rings is 1. The summed E-state index contributed by atoms with van der Waals surface area (Å²) in [6.07, 6.45) is 2.26. The van der Waals surface area contributed by atoms with E-state index in [1.807, 2.05) is 6.92 Å². The largest absolute Gasteiger partial charge is 0.326 e. The van der Waals surface area contributed by atoms with E-state index < -0.39 is 15.8 Å². The van der Waals surface area contributed by atoms with Gasteiger partial charge in [0, 0.05) is 36.8 Å². The minimum Gasteiger partial charge on any atom is -0.326 e. The molecule has 0 bridgehead atoms. The summed E-state index contributed by atoms with van der Waals surface area (Å²) in [5.74, 6) is -1.07. The molecule has 0 fully saturated rings. The first-order valence-corrected chi connectivity index (χ1v) is 9.53. The van der Waals surface area contributed by atoms with Crippen LogP contribution >= 0.6 is 11.3 Å². The van der Waals surface area contributed by atoms with E-state index in [1.165, 1.54) is 24.5 Å². The highest BCUT2D eigenvalue weighted by atomic mass is 32.2. The van der Waals surface area contributed by atoms with Gasteiger partial charge in [-0.05, 0) is 31.0 Å². The highest BCUT2D eigenvalue weighted by molar-refractivity contribution is 7.89. The number of benzene rings is 1. The lowest BCUT2D eigenvalue weighted by Gasteiger charge is -2.21. The fourth-order valence-electron chi connectivity index (χ4n) is 2.53. The van der Waals surface area contributed by atoms with Crippen molar-refractivity contribution in [1.29, 1.82) is 0 Å². The number of carbonyl (C=O) groups excluding carboxylic acids is 1. The van der Waals surface area contributed by atoms with Crippen molar-refractivity contribution in [2.45, 2.75) is 31.2 Å². The van der Waals surface area contributed by atoms with Gasteiger partial charge in [0.05, 0.1) is 5.01 Å². The Morgan fingerprint density at radius 2 is 2.12 bits per heavy atom. The summed E-state index contributed by atoms with van der Waals surface area (Å²) in [6.45, 7) is 1.96. The topological polar surface area (TPSA) is 79.4 Å². The Bertz CT molecular complexity index is 909. The molecule has 9 heteroatoms. The van der Waals surface area contributed by atoms with E-state index in [0.717, 1.165) is 20.3 Å². The van der Waals surface area contributed by atoms with Crippen molar-refractivity contribution in [1.82, 2.24) is 9.29 Å². The van der Waals surface area contributed by atoms with E-state index in [1.54, 1.807) is 6.20 Å². The maximum atomic E-state index is 14.3. The molecule has 0 saturated carbocycles. The van der Waals surface area contributed by atoms with Crippen LogP contribution in [0.2, 0.25) is 0 Å². The van der Waals surface area contributed by atoms with Crippen LogP contribution < -0.4 is 5.32 Å². The molecular weight excluding hydrogens is 353 g/mol. The quantitative estimate of drug-likeness (QED) is 0.897. The van der Waals surface area contributed by atoms with Crippen LogP contribution in [0.1, 0.15) is 21.9 Å². The molecule has 1 N–H and O–H groups in total. The zero-order valence-electron chi connectivity index (χ0n) is 13.2. The van der Waals surface area contributed by atoms with Gasteiger partial charge in [-0.3, -0.25) is 4.79 Å². The summed E-state index contributed by atoms with van der Waals surface area (Å²) in [4.78, 5) is 15.9. The van der Waals surface area contributed by atoms with E-state index in [0.29, 0.717) is 17.7 Å². The fraction of sp³-hybridized carbons (Fsp3) is 0.333. The Labute approximate surface area is 143 Å². The Morgan fingerprint density at radius 1 is 1.38 bits per heavy atom. The average Bonchev–Trinajstić information content (AvgIpc) is 2.91. The van der Waals surface area contributed by atoms with Gasteiger partial charge in [0.1, 0.15) is 10.7 Å². The molecule has 1 aromatic heterocycles. The molecule has 1 aliphatic rings. The number of carbonyl (C=O) groups is 1. The number of sulfonamides is 1. The van der Waals surface area contributed by atoms with Crippen molar-refractivity contribution < 1.29 is 17.6 Å². The van der Waals surface area contributed by atoms with Gasteiger partial charge in [0.15, 0.2) is 0 Å². The minimum absolute atomic E-state index is 0.126. The number of hydrogen-bond donors (Lipinski definition) is 1. The molecule has 0 aliphatic carbocycles. The van der Waals surface area contributed by atoms with Crippen LogP contribution in [-0.2, 0) is 27.8 Å². The summed E-state index contributed by atoms with van der Waals surface area (Å²) < 4.78 is 40.8. The van der Waals surface area contributed by atoms with Crippen LogP contribution in [0.4, 0.5) is 10.1 Å². The van der Waals surface area contributed by atoms with Gasteiger partial charge in [-0.25, -0.2) is 17.8 Å². The molecule has 128 valence electrons. The van der Waals surface area contributed by atoms with Crippen molar-refractivity contribution in [3.63, 3.8) is 0 Å². The first kappa shape index (κ1) is 17.0. The molecule has 0 unspecified atom stereocenters. The Kier molecular flexibility index (Phi) is 4.41. The Hall–Kier alpha value is -1.84. The molecule has 0 atom stereocenters. The number of aromatic nitrogens is 1. The van der Waals surface area contributed by atoms with E-state index >= 15 is 0 Å². The monoisotopic (exact) mass is 369 g/mol. The summed E-state index contributed by atoms with van der Waals surface area (Å²) in [5, 5.41) is 3.40. The lowest BCUT2D eigenvalue weighted by atomic mass is 10.0. The number of rotatable bonds is 4. The number of anilines is 1. The van der Waals surface area contributed by atoms with Crippen molar-refractivity contribution in [2.24, 2.45) is 0 Å². The molecule has 3 rings (SSSR count). The summed E-state index contributed by atoms with van der Waals surface area (Å²) in [7, 11) is -2.57. The van der Waals surface area contributed by atoms with Crippen molar-refractivity contribution in [3.05, 3.63) is 39.6 Å². The first-order valence-electron chi connectivity index (χ1n) is 7.27. The number of aryl methyl sites for hydroxylation is 2. The number of nitrogens with zero attached hydrogens (tertiary/aromatic N) is 2. The second-order valence-corrected chi connectivity index (χ2v) is 8.93. The van der Waals surface area contributed by atoms with Crippen LogP contribution in [-0.4, -0.2) is 30.7 Å². The SMILES string of the molecule is Cc1ncc(CN(C)S(=O)(=O)c2cc3c(cc2F)NC(=O)CC3)s1. The van der Waals surface area contributed by atoms with Gasteiger partial charge in [-0.15, -0.1) is 11.3 Å². The molecule has 2 aromatic rings. The lowest BCUT2D eigenvalue weighted by molar-refractivity contribution is -0.116. The van der Waals surface area contributed by atoms with Crippen molar-refractivity contribution in [2.75, 3.05) is 12.4 Å². The van der Waals surface area contributed by atoms with Crippen LogP contribution in [0.25, 0.3) is 0 Å². The molecular formula is C15H16FN3O3S2. The fourth-order valence-corrected chi connectivity index (χ4v) is 4.70. The summed E-state index contributed by atoms with van der Waals surface area (Å²) in [5.41, 5.74) is 0.958. The van der Waals surface area contributed by atoms with Gasteiger partial charge >= 0.3 is 0 Å². The average molecular weight is 369 g/mol. The zero-order valence-corrected chi connectivity index (χ0v) is 14.8. The molecule has 6 nitrogen and oxygen atoms in total. The standard InChI is InChI=1S/C15H16FN3O3S2/c1-9-17-7-11(23-9)8-19(2)24(21,22)14-5-10-3-4-15(20)18-13(10)6-12(14)16/h5-7H,3-4,8H2,1-2H3,(H,18,20). The highest BCUT2D eigenvalue weighted by Gasteiger charge is 2.28. The van der Waals surface area contributed by atoms with Gasteiger partial charge in [0.25, 0.3) is 0 Å². The maximum Gasteiger partial charge on any atom is 0.246 e. The summed E-state index contributed by atoms with van der Waals surface area (Å²) in [6, 6.07) is 2.39. The third-order valence-corrected chi connectivity index (χ3v) is 6.51. The van der Waals surface area contributed by atoms with Crippen molar-refractivity contribution in [3.8, 4) is 0 Å². The van der Waals surface area contributed by atoms with Gasteiger partial charge in [0.2, 0.25) is 15.9 Å². The highest BCUT2D eigenvalue weighted by Crippen LogP contribution is 2.30. The Morgan fingerprint density at radius 3 is 2.79 bits per heavy atom. The molecule has 24 heavy (non-hydrogen) atoms. The van der Waals surface area contributed by atoms with E-state index in [4.69, 9.17) is 0 Å². The van der Waals surface area contributed by atoms with E-state index in [2.05, 4.69) is 10.3 Å². The van der Waals surface area contributed by atoms with Crippen molar-refractivity contribution >= 4 is 33.0 Å². The number of nitrogens with one attached hydrogen (secondary N) is 1. The minimum atomic E-state index is -3.98. The second kappa shape index (κ2) is 6.23. The van der Waals surface area contributed by atoms with Crippen LogP contribution in [0.5, 0.6) is 0 Å². The van der Waals surface area contributed by atoms with Crippen LogP contribution in [0.15, 0.2) is 23.2 Å². The molecule has 0 spiro atoms. The second-order valence-electron chi connectivity index (χ2n) is 5.59. The number of halogens is 1. The predicted octanol–water partition coefficient (Wildman–Crippen LogP) is 2.30. The molecule has 0 saturated heterocycles. The number of amides is 1. The zero-order chi connectivity index (χ0) is 17.5. The number of hydrogen-bond acceptors (Lipinski definition) is 5. The molecule has 1 aromatic carbocycles. The normalized spacial score (nSPS) is 14.6. The predicted molar refractivity (Wildman–Crippen MR) is 88.9 cm³/mol. The van der Waals surface area contributed by atoms with E-state index in [-0.39, 0.29) is 23.8 Å². The maximum absolute atomic E-state index is 14.3. The van der Waals surface area contributed by atoms with Gasteiger partial charge in [-0.2, -0.15) is 4.31 Å². The third-order valence-electron chi connectivity index (χ3n) is 3.79. The summed E-state index contributed by atoms with van der Waals surface area (Å²) >= 11 is 1.40. The van der Waals surface area contributed by atoms with Gasteiger partial charge in [-0.1, -0.05) is 0 Å². The Balaban J connectivity index is 1.93. The lowest BCUT2D eigenvalue weighted by Crippen LogP contribution is -2.28. The third kappa shape index (κ3) is 3.19. The van der Waals surface area contributed by atoms with Gasteiger partial charge < -0.3 is 5.32 Å². The smallest absolute Gasteiger partial charge is 0.246 e. The molecule has 2 heterocycles. The first-order chi connectivity index (χ1) is 11.3.